The predicted octanol–water partition coefficient (Wildman–Crippen LogP) is 4.35. The minimum Gasteiger partial charge on any atom is -0.496 e. The van der Waals surface area contributed by atoms with Gasteiger partial charge >= 0.3 is 0 Å². The Morgan fingerprint density at radius 3 is 2.47 bits per heavy atom. The molecular weight excluding hydrogens is 258 g/mol. The lowest BCUT2D eigenvalue weighted by molar-refractivity contribution is 0.410. The minimum absolute atomic E-state index is 0.548. The molecule has 0 amide bonds. The van der Waals surface area contributed by atoms with Crippen molar-refractivity contribution in [3.8, 4) is 5.75 Å². The lowest BCUT2D eigenvalue weighted by atomic mass is 10.1. The zero-order chi connectivity index (χ0) is 13.7. The van der Waals surface area contributed by atoms with Crippen LogP contribution in [0.25, 0.3) is 0 Å². The fourth-order valence-electron chi connectivity index (χ4n) is 1.95. The largest absolute Gasteiger partial charge is 0.496 e. The van der Waals surface area contributed by atoms with Crippen molar-refractivity contribution in [1.82, 2.24) is 0 Å². The fraction of sp³-hybridized carbons (Fsp3) is 0.250. The molecule has 0 heterocycles. The van der Waals surface area contributed by atoms with E-state index in [9.17, 15) is 0 Å². The van der Waals surface area contributed by atoms with Gasteiger partial charge in [0.05, 0.1) is 7.11 Å². The molecule has 100 valence electrons. The van der Waals surface area contributed by atoms with Gasteiger partial charge in [0.2, 0.25) is 0 Å². The van der Waals surface area contributed by atoms with Crippen molar-refractivity contribution in [2.24, 2.45) is 0 Å². The Hall–Kier alpha value is -1.67. The molecule has 0 saturated heterocycles. The van der Waals surface area contributed by atoms with Gasteiger partial charge < -0.3 is 10.1 Å². The lowest BCUT2D eigenvalue weighted by Gasteiger charge is -2.11. The van der Waals surface area contributed by atoms with E-state index in [4.69, 9.17) is 16.3 Å². The summed E-state index contributed by atoms with van der Waals surface area (Å²) in [7, 11) is 1.70. The van der Waals surface area contributed by atoms with Gasteiger partial charge in [-0.3, -0.25) is 0 Å². The summed E-state index contributed by atoms with van der Waals surface area (Å²) in [4.78, 5) is 0. The van der Waals surface area contributed by atoms with Crippen LogP contribution in [0, 0.1) is 6.92 Å². The first-order valence-electron chi connectivity index (χ1n) is 6.25. The summed E-state index contributed by atoms with van der Waals surface area (Å²) >= 11 is 5.77. The molecule has 2 rings (SSSR count). The second kappa shape index (κ2) is 6.48. The Bertz CT molecular complexity index is 537. The Morgan fingerprint density at radius 2 is 1.84 bits per heavy atom. The number of benzene rings is 2. The molecule has 3 heteroatoms. The van der Waals surface area contributed by atoms with Crippen molar-refractivity contribution in [3.05, 3.63) is 59.2 Å². The summed E-state index contributed by atoms with van der Waals surface area (Å²) in [6.07, 6.45) is 0. The molecule has 2 aromatic rings. The second-order valence-corrected chi connectivity index (χ2v) is 4.77. The number of hydrogen-bond acceptors (Lipinski definition) is 2. The Morgan fingerprint density at radius 1 is 1.11 bits per heavy atom. The summed E-state index contributed by atoms with van der Waals surface area (Å²) in [5.74, 6) is 1.46. The highest BCUT2D eigenvalue weighted by atomic mass is 35.5. The summed E-state index contributed by atoms with van der Waals surface area (Å²) in [6.45, 7) is 2.82. The monoisotopic (exact) mass is 275 g/mol. The maximum Gasteiger partial charge on any atom is 0.123 e. The summed E-state index contributed by atoms with van der Waals surface area (Å²) in [5.41, 5.74) is 4.59. The maximum atomic E-state index is 5.77. The third kappa shape index (κ3) is 3.65. The van der Waals surface area contributed by atoms with Gasteiger partial charge in [-0.05, 0) is 30.7 Å². The van der Waals surface area contributed by atoms with Gasteiger partial charge in [-0.25, -0.2) is 0 Å². The van der Waals surface area contributed by atoms with E-state index in [0.717, 1.165) is 29.1 Å². The van der Waals surface area contributed by atoms with Crippen LogP contribution in [-0.2, 0) is 12.4 Å². The maximum absolute atomic E-state index is 5.77. The first kappa shape index (κ1) is 13.8. The number of alkyl halides is 1. The van der Waals surface area contributed by atoms with E-state index < -0.39 is 0 Å². The molecule has 0 aliphatic carbocycles. The molecule has 0 saturated carbocycles. The quantitative estimate of drug-likeness (QED) is 0.819. The van der Waals surface area contributed by atoms with E-state index >= 15 is 0 Å². The molecule has 2 aromatic carbocycles. The van der Waals surface area contributed by atoms with Crippen molar-refractivity contribution in [2.45, 2.75) is 19.3 Å². The normalized spacial score (nSPS) is 10.3. The summed E-state index contributed by atoms with van der Waals surface area (Å²) in [6, 6.07) is 14.3. The Kier molecular flexibility index (Phi) is 4.69. The van der Waals surface area contributed by atoms with E-state index in [-0.39, 0.29) is 0 Å². The zero-order valence-electron chi connectivity index (χ0n) is 11.2. The molecule has 0 fully saturated rings. The molecule has 0 radical (unpaired) electrons. The van der Waals surface area contributed by atoms with Gasteiger partial charge in [0, 0.05) is 23.7 Å². The van der Waals surface area contributed by atoms with Crippen LogP contribution in [-0.4, -0.2) is 7.11 Å². The number of hydrogen-bond donors (Lipinski definition) is 1. The van der Waals surface area contributed by atoms with E-state index in [1.807, 2.05) is 30.3 Å². The molecule has 0 aliphatic rings. The van der Waals surface area contributed by atoms with Crippen LogP contribution in [0.4, 0.5) is 5.69 Å². The topological polar surface area (TPSA) is 21.3 Å². The summed E-state index contributed by atoms with van der Waals surface area (Å²) < 4.78 is 5.37. The van der Waals surface area contributed by atoms with Crippen LogP contribution in [0.5, 0.6) is 5.75 Å². The van der Waals surface area contributed by atoms with E-state index in [1.165, 1.54) is 5.56 Å². The van der Waals surface area contributed by atoms with Gasteiger partial charge in [-0.15, -0.1) is 11.6 Å². The zero-order valence-corrected chi connectivity index (χ0v) is 12.0. The van der Waals surface area contributed by atoms with E-state index in [2.05, 4.69) is 24.4 Å². The molecule has 0 unspecified atom stereocenters. The first-order chi connectivity index (χ1) is 9.22. The van der Waals surface area contributed by atoms with Gasteiger partial charge in [0.15, 0.2) is 0 Å². The average molecular weight is 276 g/mol. The van der Waals surface area contributed by atoms with E-state index in [1.54, 1.807) is 7.11 Å². The number of methoxy groups -OCH3 is 1. The van der Waals surface area contributed by atoms with Crippen molar-refractivity contribution >= 4 is 17.3 Å². The molecule has 2 nitrogen and oxygen atoms in total. The number of rotatable bonds is 5. The highest BCUT2D eigenvalue weighted by Crippen LogP contribution is 2.21. The molecule has 0 atom stereocenters. The van der Waals surface area contributed by atoms with Crippen LogP contribution in [0.1, 0.15) is 16.7 Å². The van der Waals surface area contributed by atoms with Gasteiger partial charge in [-0.1, -0.05) is 29.8 Å². The van der Waals surface area contributed by atoms with Gasteiger partial charge in [0.1, 0.15) is 5.75 Å². The lowest BCUT2D eigenvalue weighted by Crippen LogP contribution is -2.02. The van der Waals surface area contributed by atoms with Gasteiger partial charge in [0.25, 0.3) is 0 Å². The summed E-state index contributed by atoms with van der Waals surface area (Å²) in [5, 5.41) is 3.39. The SMILES string of the molecule is COc1ccc(C)cc1CNc1ccc(CCl)cc1. The number of anilines is 1. The Balaban J connectivity index is 2.07. The molecule has 0 aliphatic heterocycles. The minimum atomic E-state index is 0.548. The van der Waals surface area contributed by atoms with Gasteiger partial charge in [-0.2, -0.15) is 0 Å². The molecule has 0 aromatic heterocycles. The molecule has 1 N–H and O–H groups in total. The third-order valence-electron chi connectivity index (χ3n) is 3.03. The van der Waals surface area contributed by atoms with Crippen LogP contribution in [0.2, 0.25) is 0 Å². The standard InChI is InChI=1S/C16H18ClNO/c1-12-3-8-16(19-2)14(9-12)11-18-15-6-4-13(10-17)5-7-15/h3-9,18H,10-11H2,1-2H3. The number of nitrogens with one attached hydrogen (secondary N) is 1. The van der Waals surface area contributed by atoms with Crippen LogP contribution in [0.3, 0.4) is 0 Å². The van der Waals surface area contributed by atoms with E-state index in [0.29, 0.717) is 5.88 Å². The molecule has 0 spiro atoms. The third-order valence-corrected chi connectivity index (χ3v) is 3.34. The second-order valence-electron chi connectivity index (χ2n) is 4.50. The van der Waals surface area contributed by atoms with Crippen LogP contribution in [0.15, 0.2) is 42.5 Å². The molecule has 19 heavy (non-hydrogen) atoms. The van der Waals surface area contributed by atoms with Crippen LogP contribution >= 0.6 is 11.6 Å². The van der Waals surface area contributed by atoms with Crippen molar-refractivity contribution in [2.75, 3.05) is 12.4 Å². The first-order valence-corrected chi connectivity index (χ1v) is 6.78. The highest BCUT2D eigenvalue weighted by molar-refractivity contribution is 6.17. The highest BCUT2D eigenvalue weighted by Gasteiger charge is 2.03. The molecular formula is C16H18ClNO. The number of aryl methyl sites for hydroxylation is 1. The predicted molar refractivity (Wildman–Crippen MR) is 81.1 cm³/mol. The van der Waals surface area contributed by atoms with Crippen molar-refractivity contribution in [1.29, 1.82) is 0 Å². The van der Waals surface area contributed by atoms with Crippen molar-refractivity contribution < 1.29 is 4.74 Å². The number of halogens is 1. The van der Waals surface area contributed by atoms with Crippen molar-refractivity contribution in [3.63, 3.8) is 0 Å². The Labute approximate surface area is 119 Å². The smallest absolute Gasteiger partial charge is 0.123 e. The number of ether oxygens (including phenoxy) is 1. The molecule has 0 bridgehead atoms. The fourth-order valence-corrected chi connectivity index (χ4v) is 2.13. The van der Waals surface area contributed by atoms with Crippen LogP contribution < -0.4 is 10.1 Å². The average Bonchev–Trinajstić information content (AvgIpc) is 2.46.